The van der Waals surface area contributed by atoms with Gasteiger partial charge in [0.1, 0.15) is 23.8 Å². The molecule has 0 atom stereocenters. The quantitative estimate of drug-likeness (QED) is 0.744. The Morgan fingerprint density at radius 2 is 1.88 bits per heavy atom. The summed E-state index contributed by atoms with van der Waals surface area (Å²) in [7, 11) is 0. The summed E-state index contributed by atoms with van der Waals surface area (Å²) in [6.45, 7) is 1.57. The highest BCUT2D eigenvalue weighted by molar-refractivity contribution is 5.66. The van der Waals surface area contributed by atoms with E-state index in [9.17, 15) is 4.39 Å². The average molecular weight is 348 g/mol. The van der Waals surface area contributed by atoms with E-state index < -0.39 is 0 Å². The van der Waals surface area contributed by atoms with E-state index in [1.165, 1.54) is 17.3 Å². The molecule has 1 aliphatic heterocycles. The number of benzene rings is 2. The number of hydrogen-bond donors (Lipinski definition) is 1. The van der Waals surface area contributed by atoms with Gasteiger partial charge in [0, 0.05) is 24.8 Å². The van der Waals surface area contributed by atoms with E-state index in [1.54, 1.807) is 12.4 Å². The van der Waals surface area contributed by atoms with Gasteiger partial charge in [-0.3, -0.25) is 0 Å². The summed E-state index contributed by atoms with van der Waals surface area (Å²) < 4.78 is 13.7. The minimum absolute atomic E-state index is 0.164. The van der Waals surface area contributed by atoms with Crippen LogP contribution in [0.3, 0.4) is 0 Å². The summed E-state index contributed by atoms with van der Waals surface area (Å²) in [4.78, 5) is 11.0. The number of hydrogen-bond acceptors (Lipinski definition) is 4. The van der Waals surface area contributed by atoms with Gasteiger partial charge in [-0.2, -0.15) is 0 Å². The number of nitrogens with one attached hydrogen (secondary N) is 1. The second kappa shape index (κ2) is 7.52. The molecular weight excluding hydrogens is 327 g/mol. The van der Waals surface area contributed by atoms with Crippen molar-refractivity contribution in [2.45, 2.75) is 19.3 Å². The fraction of sp³-hybridized carbons (Fsp3) is 0.238. The maximum atomic E-state index is 13.7. The van der Waals surface area contributed by atoms with Gasteiger partial charge >= 0.3 is 0 Å². The Bertz CT molecular complexity index is 896. The molecule has 0 saturated heterocycles. The van der Waals surface area contributed by atoms with Crippen LogP contribution in [0.1, 0.15) is 17.5 Å². The van der Waals surface area contributed by atoms with Crippen molar-refractivity contribution in [1.29, 1.82) is 0 Å². The van der Waals surface area contributed by atoms with Crippen LogP contribution in [0.15, 0.2) is 60.9 Å². The lowest BCUT2D eigenvalue weighted by Crippen LogP contribution is -2.25. The first-order valence-corrected chi connectivity index (χ1v) is 8.96. The highest BCUT2D eigenvalue weighted by atomic mass is 19.1. The lowest BCUT2D eigenvalue weighted by atomic mass is 10.0. The molecule has 3 aromatic rings. The molecule has 0 unspecified atom stereocenters. The van der Waals surface area contributed by atoms with Gasteiger partial charge in [-0.05, 0) is 42.5 Å². The molecule has 0 bridgehead atoms. The molecule has 1 aromatic heterocycles. The number of para-hydroxylation sites is 1. The van der Waals surface area contributed by atoms with Gasteiger partial charge < -0.3 is 10.2 Å². The zero-order valence-corrected chi connectivity index (χ0v) is 14.5. The van der Waals surface area contributed by atoms with E-state index in [1.807, 2.05) is 18.2 Å². The van der Waals surface area contributed by atoms with E-state index >= 15 is 0 Å². The highest BCUT2D eigenvalue weighted by Gasteiger charge is 2.19. The van der Waals surface area contributed by atoms with Crippen molar-refractivity contribution in [3.05, 3.63) is 77.9 Å². The fourth-order valence-corrected chi connectivity index (χ4v) is 3.39. The molecule has 132 valence electrons. The third kappa shape index (κ3) is 3.52. The van der Waals surface area contributed by atoms with Crippen molar-refractivity contribution >= 4 is 17.3 Å². The van der Waals surface area contributed by atoms with Gasteiger partial charge in [-0.15, -0.1) is 0 Å². The standard InChI is InChI=1S/C21H21FN4/c22-18-9-3-1-6-16(18)11-12-23-20-14-21(25-15-24-20)26-13-5-8-17-7-2-4-10-19(17)26/h1-4,6-7,9-10,14-15H,5,8,11-13H2,(H,23,24,25). The molecule has 0 amide bonds. The van der Waals surface area contributed by atoms with Crippen molar-refractivity contribution < 1.29 is 4.39 Å². The normalized spacial score (nSPS) is 13.3. The lowest BCUT2D eigenvalue weighted by Gasteiger charge is -2.30. The van der Waals surface area contributed by atoms with Gasteiger partial charge in [0.25, 0.3) is 0 Å². The third-order valence-corrected chi connectivity index (χ3v) is 4.70. The van der Waals surface area contributed by atoms with Crippen molar-refractivity contribution in [2.75, 3.05) is 23.3 Å². The minimum atomic E-state index is -0.164. The number of nitrogens with zero attached hydrogens (tertiary/aromatic N) is 3. The van der Waals surface area contributed by atoms with Gasteiger partial charge in [0.15, 0.2) is 0 Å². The first-order valence-electron chi connectivity index (χ1n) is 8.96. The Kier molecular flexibility index (Phi) is 4.78. The number of aromatic nitrogens is 2. The summed E-state index contributed by atoms with van der Waals surface area (Å²) in [5.41, 5.74) is 3.28. The van der Waals surface area contributed by atoms with Crippen LogP contribution in [0.4, 0.5) is 21.7 Å². The predicted octanol–water partition coefficient (Wildman–Crippen LogP) is 4.35. The van der Waals surface area contributed by atoms with Crippen LogP contribution in [0.2, 0.25) is 0 Å². The van der Waals surface area contributed by atoms with E-state index in [0.717, 1.165) is 31.0 Å². The first kappa shape index (κ1) is 16.5. The van der Waals surface area contributed by atoms with Gasteiger partial charge in [-0.1, -0.05) is 36.4 Å². The van der Waals surface area contributed by atoms with Crippen molar-refractivity contribution in [1.82, 2.24) is 9.97 Å². The van der Waals surface area contributed by atoms with Crippen LogP contribution >= 0.6 is 0 Å². The molecule has 0 fully saturated rings. The molecular formula is C21H21FN4. The molecule has 0 spiro atoms. The van der Waals surface area contributed by atoms with Crippen molar-refractivity contribution in [3.63, 3.8) is 0 Å². The van der Waals surface area contributed by atoms with Crippen LogP contribution in [0, 0.1) is 5.82 Å². The Morgan fingerprint density at radius 3 is 2.81 bits per heavy atom. The number of halogens is 1. The molecule has 0 saturated carbocycles. The molecule has 1 aliphatic rings. The SMILES string of the molecule is Fc1ccccc1CCNc1cc(N2CCCc3ccccc32)ncn1. The number of rotatable bonds is 5. The second-order valence-electron chi connectivity index (χ2n) is 6.41. The predicted molar refractivity (Wildman–Crippen MR) is 102 cm³/mol. The molecule has 0 aliphatic carbocycles. The van der Waals surface area contributed by atoms with E-state index in [4.69, 9.17) is 0 Å². The summed E-state index contributed by atoms with van der Waals surface area (Å²) >= 11 is 0. The Morgan fingerprint density at radius 1 is 1.04 bits per heavy atom. The molecule has 5 heteroatoms. The second-order valence-corrected chi connectivity index (χ2v) is 6.41. The molecule has 0 radical (unpaired) electrons. The van der Waals surface area contributed by atoms with Crippen LogP contribution in [0.5, 0.6) is 0 Å². The Balaban J connectivity index is 1.47. The number of anilines is 3. The number of fused-ring (bicyclic) bond motifs is 1. The molecule has 26 heavy (non-hydrogen) atoms. The molecule has 2 heterocycles. The van der Waals surface area contributed by atoms with Crippen LogP contribution in [-0.4, -0.2) is 23.1 Å². The van der Waals surface area contributed by atoms with Gasteiger partial charge in [0.2, 0.25) is 0 Å². The Labute approximate surface area is 152 Å². The first-order chi connectivity index (χ1) is 12.8. The number of aryl methyl sites for hydroxylation is 1. The average Bonchev–Trinajstić information content (AvgIpc) is 2.69. The van der Waals surface area contributed by atoms with Gasteiger partial charge in [-0.25, -0.2) is 14.4 Å². The summed E-state index contributed by atoms with van der Waals surface area (Å²) in [6, 6.07) is 17.3. The molecule has 4 rings (SSSR count). The highest BCUT2D eigenvalue weighted by Crippen LogP contribution is 2.32. The Hall–Kier alpha value is -2.95. The maximum absolute atomic E-state index is 13.7. The van der Waals surface area contributed by atoms with Crippen LogP contribution < -0.4 is 10.2 Å². The molecule has 4 nitrogen and oxygen atoms in total. The monoisotopic (exact) mass is 348 g/mol. The summed E-state index contributed by atoms with van der Waals surface area (Å²) in [5.74, 6) is 1.48. The fourth-order valence-electron chi connectivity index (χ4n) is 3.39. The zero-order valence-electron chi connectivity index (χ0n) is 14.5. The summed E-state index contributed by atoms with van der Waals surface area (Å²) in [5, 5.41) is 3.28. The van der Waals surface area contributed by atoms with Crippen molar-refractivity contribution in [2.24, 2.45) is 0 Å². The van der Waals surface area contributed by atoms with Crippen LogP contribution in [-0.2, 0) is 12.8 Å². The van der Waals surface area contributed by atoms with Crippen LogP contribution in [0.25, 0.3) is 0 Å². The minimum Gasteiger partial charge on any atom is -0.370 e. The smallest absolute Gasteiger partial charge is 0.138 e. The molecule has 1 N–H and O–H groups in total. The summed E-state index contributed by atoms with van der Waals surface area (Å²) in [6.07, 6.45) is 4.40. The van der Waals surface area contributed by atoms with E-state index in [2.05, 4.69) is 44.5 Å². The zero-order chi connectivity index (χ0) is 17.8. The largest absolute Gasteiger partial charge is 0.370 e. The van der Waals surface area contributed by atoms with Gasteiger partial charge in [0.05, 0.1) is 0 Å². The van der Waals surface area contributed by atoms with E-state index in [0.29, 0.717) is 18.5 Å². The third-order valence-electron chi connectivity index (χ3n) is 4.70. The molecule has 2 aromatic carbocycles. The van der Waals surface area contributed by atoms with E-state index in [-0.39, 0.29) is 5.82 Å². The van der Waals surface area contributed by atoms with Crippen molar-refractivity contribution in [3.8, 4) is 0 Å². The lowest BCUT2D eigenvalue weighted by molar-refractivity contribution is 0.610. The maximum Gasteiger partial charge on any atom is 0.138 e. The topological polar surface area (TPSA) is 41.0 Å².